The average molecular weight is 299 g/mol. The summed E-state index contributed by atoms with van der Waals surface area (Å²) in [4.78, 5) is 6.62. The number of aromatic nitrogens is 1. The molecule has 3 rings (SSSR count). The van der Waals surface area contributed by atoms with E-state index in [1.54, 1.807) is 23.1 Å². The molecule has 0 amide bonds. The van der Waals surface area contributed by atoms with Crippen molar-refractivity contribution in [2.45, 2.75) is 9.79 Å². The number of hydrogen-bond acceptors (Lipinski definition) is 5. The molecule has 0 saturated heterocycles. The predicted octanol–water partition coefficient (Wildman–Crippen LogP) is 4.13. The third-order valence-corrected chi connectivity index (χ3v) is 4.50. The van der Waals surface area contributed by atoms with Gasteiger partial charge in [0.05, 0.1) is 17.1 Å². The summed E-state index contributed by atoms with van der Waals surface area (Å²) in [5.41, 5.74) is 14.9. The summed E-state index contributed by atoms with van der Waals surface area (Å²) >= 11 is 3.29. The highest BCUT2D eigenvalue weighted by Crippen LogP contribution is 2.31. The summed E-state index contributed by atoms with van der Waals surface area (Å²) in [6.45, 7) is 0. The number of nitrogens with two attached hydrogens (primary N) is 2. The van der Waals surface area contributed by atoms with E-state index in [9.17, 15) is 0 Å². The van der Waals surface area contributed by atoms with Gasteiger partial charge in [-0.15, -0.1) is 0 Å². The van der Waals surface area contributed by atoms with E-state index in [1.165, 1.54) is 0 Å². The van der Waals surface area contributed by atoms with E-state index in [4.69, 9.17) is 11.5 Å². The van der Waals surface area contributed by atoms with Crippen LogP contribution < -0.4 is 11.5 Å². The summed E-state index contributed by atoms with van der Waals surface area (Å²) in [5, 5.41) is 4.15. The lowest BCUT2D eigenvalue weighted by atomic mass is 10.2. The van der Waals surface area contributed by atoms with Crippen LogP contribution in [-0.2, 0) is 0 Å². The Morgan fingerprint density at radius 2 is 1.80 bits per heavy atom. The van der Waals surface area contributed by atoms with E-state index < -0.39 is 0 Å². The summed E-state index contributed by atoms with van der Waals surface area (Å²) < 4.78 is 0. The first-order valence-corrected chi connectivity index (χ1v) is 7.80. The number of nitrogens with zero attached hydrogens (tertiary/aromatic N) is 1. The molecule has 3 nitrogen and oxygen atoms in total. The van der Waals surface area contributed by atoms with Crippen LogP contribution in [0, 0.1) is 0 Å². The molecule has 0 fully saturated rings. The summed E-state index contributed by atoms with van der Waals surface area (Å²) in [6.07, 6.45) is 1.88. The molecule has 4 N–H and O–H groups in total. The Balaban J connectivity index is 1.79. The number of benzene rings is 1. The molecular formula is C15H13N3S2. The number of anilines is 2. The van der Waals surface area contributed by atoms with Gasteiger partial charge in [-0.2, -0.15) is 11.3 Å². The van der Waals surface area contributed by atoms with Gasteiger partial charge in [-0.3, -0.25) is 4.98 Å². The van der Waals surface area contributed by atoms with Crippen molar-refractivity contribution in [2.24, 2.45) is 0 Å². The minimum absolute atomic E-state index is 0.609. The standard InChI is InChI=1S/C15H13N3S2/c16-13-3-1-11(7-14(13)17)20-12-2-4-15(18-8-12)10-5-6-19-9-10/h1-9H,16-17H2. The number of pyridine rings is 1. The molecule has 100 valence electrons. The van der Waals surface area contributed by atoms with Crippen LogP contribution in [0.5, 0.6) is 0 Å². The largest absolute Gasteiger partial charge is 0.397 e. The van der Waals surface area contributed by atoms with Crippen LogP contribution in [0.15, 0.2) is 63.1 Å². The molecule has 0 aliphatic heterocycles. The van der Waals surface area contributed by atoms with Crippen molar-refractivity contribution < 1.29 is 0 Å². The second-order valence-corrected chi connectivity index (χ2v) is 6.21. The van der Waals surface area contributed by atoms with Crippen LogP contribution in [0.2, 0.25) is 0 Å². The zero-order chi connectivity index (χ0) is 13.9. The summed E-state index contributed by atoms with van der Waals surface area (Å²) in [5.74, 6) is 0. The first kappa shape index (κ1) is 13.0. The van der Waals surface area contributed by atoms with Crippen LogP contribution in [0.1, 0.15) is 0 Å². The second kappa shape index (κ2) is 5.56. The number of hydrogen-bond donors (Lipinski definition) is 2. The number of rotatable bonds is 3. The molecule has 0 atom stereocenters. The van der Waals surface area contributed by atoms with Crippen molar-refractivity contribution in [1.29, 1.82) is 0 Å². The first-order valence-electron chi connectivity index (χ1n) is 6.04. The molecular weight excluding hydrogens is 286 g/mol. The summed E-state index contributed by atoms with van der Waals surface area (Å²) in [6, 6.07) is 11.8. The smallest absolute Gasteiger partial charge is 0.0711 e. The van der Waals surface area contributed by atoms with Gasteiger partial charge in [-0.05, 0) is 41.8 Å². The lowest BCUT2D eigenvalue weighted by Crippen LogP contribution is -1.93. The maximum Gasteiger partial charge on any atom is 0.0711 e. The maximum absolute atomic E-state index is 5.81. The Morgan fingerprint density at radius 3 is 2.45 bits per heavy atom. The zero-order valence-corrected chi connectivity index (χ0v) is 12.2. The number of nitrogen functional groups attached to an aromatic ring is 2. The third kappa shape index (κ3) is 2.79. The Morgan fingerprint density at radius 1 is 0.950 bits per heavy atom. The predicted molar refractivity (Wildman–Crippen MR) is 86.9 cm³/mol. The minimum Gasteiger partial charge on any atom is -0.397 e. The maximum atomic E-state index is 5.81. The van der Waals surface area contributed by atoms with Crippen molar-refractivity contribution in [3.8, 4) is 11.3 Å². The Bertz CT molecular complexity index is 706. The van der Waals surface area contributed by atoms with Crippen molar-refractivity contribution >= 4 is 34.5 Å². The first-order chi connectivity index (χ1) is 9.72. The third-order valence-electron chi connectivity index (χ3n) is 2.85. The van der Waals surface area contributed by atoms with Gasteiger partial charge in [0.2, 0.25) is 0 Å². The van der Waals surface area contributed by atoms with E-state index in [1.807, 2.05) is 30.5 Å². The van der Waals surface area contributed by atoms with Gasteiger partial charge >= 0.3 is 0 Å². The zero-order valence-electron chi connectivity index (χ0n) is 10.6. The van der Waals surface area contributed by atoms with Gasteiger partial charge in [-0.25, -0.2) is 0 Å². The van der Waals surface area contributed by atoms with E-state index in [0.29, 0.717) is 11.4 Å². The number of thiophene rings is 1. The van der Waals surface area contributed by atoms with Gasteiger partial charge in [-0.1, -0.05) is 11.8 Å². The molecule has 3 aromatic rings. The molecule has 2 aromatic heterocycles. The normalized spacial score (nSPS) is 10.6. The Kier molecular flexibility index (Phi) is 3.62. The lowest BCUT2D eigenvalue weighted by molar-refractivity contribution is 1.24. The molecule has 0 spiro atoms. The fourth-order valence-corrected chi connectivity index (χ4v) is 3.26. The monoisotopic (exact) mass is 299 g/mol. The molecule has 20 heavy (non-hydrogen) atoms. The van der Waals surface area contributed by atoms with Gasteiger partial charge in [0.1, 0.15) is 0 Å². The second-order valence-electron chi connectivity index (χ2n) is 4.28. The van der Waals surface area contributed by atoms with E-state index >= 15 is 0 Å². The topological polar surface area (TPSA) is 64.9 Å². The molecule has 0 radical (unpaired) electrons. The van der Waals surface area contributed by atoms with Crippen LogP contribution in [0.4, 0.5) is 11.4 Å². The minimum atomic E-state index is 0.609. The molecule has 5 heteroatoms. The highest BCUT2D eigenvalue weighted by atomic mass is 32.2. The van der Waals surface area contributed by atoms with Crippen LogP contribution in [0.25, 0.3) is 11.3 Å². The van der Waals surface area contributed by atoms with E-state index in [0.717, 1.165) is 21.0 Å². The Labute approximate surface area is 125 Å². The molecule has 1 aromatic carbocycles. The van der Waals surface area contributed by atoms with Crippen LogP contribution >= 0.6 is 23.1 Å². The van der Waals surface area contributed by atoms with Gasteiger partial charge in [0, 0.05) is 26.9 Å². The quantitative estimate of drug-likeness (QED) is 0.714. The molecule has 0 saturated carbocycles. The van der Waals surface area contributed by atoms with Crippen molar-refractivity contribution in [3.05, 3.63) is 53.4 Å². The van der Waals surface area contributed by atoms with Crippen LogP contribution in [0.3, 0.4) is 0 Å². The van der Waals surface area contributed by atoms with E-state index in [-0.39, 0.29) is 0 Å². The fraction of sp³-hybridized carbons (Fsp3) is 0. The van der Waals surface area contributed by atoms with Gasteiger partial charge in [0.15, 0.2) is 0 Å². The van der Waals surface area contributed by atoms with Gasteiger partial charge < -0.3 is 11.5 Å². The summed E-state index contributed by atoms with van der Waals surface area (Å²) in [7, 11) is 0. The SMILES string of the molecule is Nc1ccc(Sc2ccc(-c3ccsc3)nc2)cc1N. The van der Waals surface area contributed by atoms with Crippen molar-refractivity contribution in [3.63, 3.8) is 0 Å². The molecule has 0 aliphatic rings. The van der Waals surface area contributed by atoms with E-state index in [2.05, 4.69) is 27.9 Å². The Hall–Kier alpha value is -1.98. The van der Waals surface area contributed by atoms with Crippen LogP contribution in [-0.4, -0.2) is 4.98 Å². The van der Waals surface area contributed by atoms with Gasteiger partial charge in [0.25, 0.3) is 0 Å². The highest BCUT2D eigenvalue weighted by Gasteiger charge is 2.03. The average Bonchev–Trinajstić information content (AvgIpc) is 2.98. The lowest BCUT2D eigenvalue weighted by Gasteiger charge is -2.05. The highest BCUT2D eigenvalue weighted by molar-refractivity contribution is 7.99. The fourth-order valence-electron chi connectivity index (χ4n) is 1.77. The molecule has 0 bridgehead atoms. The molecule has 2 heterocycles. The molecule has 0 aliphatic carbocycles. The molecule has 0 unspecified atom stereocenters. The van der Waals surface area contributed by atoms with Crippen molar-refractivity contribution in [2.75, 3.05) is 11.5 Å². The van der Waals surface area contributed by atoms with Crippen molar-refractivity contribution in [1.82, 2.24) is 4.98 Å².